The second-order valence-corrected chi connectivity index (χ2v) is 4.61. The Labute approximate surface area is 107 Å². The lowest BCUT2D eigenvalue weighted by molar-refractivity contribution is 0.0344. The van der Waals surface area contributed by atoms with Crippen molar-refractivity contribution in [3.8, 4) is 0 Å². The first-order valence-corrected chi connectivity index (χ1v) is 5.66. The smallest absolute Gasteiger partial charge is 0.337 e. The van der Waals surface area contributed by atoms with Gasteiger partial charge < -0.3 is 20.5 Å². The van der Waals surface area contributed by atoms with E-state index in [0.29, 0.717) is 17.8 Å². The zero-order valence-electron chi connectivity index (χ0n) is 11.2. The van der Waals surface area contributed by atoms with E-state index in [0.717, 1.165) is 5.69 Å². The molecule has 1 aromatic rings. The lowest BCUT2D eigenvalue weighted by Crippen LogP contribution is -2.32. The van der Waals surface area contributed by atoms with Crippen molar-refractivity contribution in [1.82, 2.24) is 0 Å². The van der Waals surface area contributed by atoms with Crippen molar-refractivity contribution in [3.05, 3.63) is 23.8 Å². The first kappa shape index (κ1) is 14.3. The maximum atomic E-state index is 11.3. The van der Waals surface area contributed by atoms with Crippen LogP contribution in [-0.4, -0.2) is 32.3 Å². The molecule has 0 bridgehead atoms. The van der Waals surface area contributed by atoms with Gasteiger partial charge in [0.05, 0.1) is 29.6 Å². The number of benzene rings is 1. The standard InChI is InChI=1S/C13H20N2O3/c1-13(2,18-4)8-15-11-6-5-9(7-10(11)14)12(16)17-3/h5-7,15H,8,14H2,1-4H3. The van der Waals surface area contributed by atoms with Gasteiger partial charge in [-0.15, -0.1) is 0 Å². The molecule has 0 atom stereocenters. The Morgan fingerprint density at radius 2 is 2.06 bits per heavy atom. The number of rotatable bonds is 5. The Bertz CT molecular complexity index is 430. The number of nitrogen functional groups attached to an aromatic ring is 1. The zero-order chi connectivity index (χ0) is 13.8. The van der Waals surface area contributed by atoms with Gasteiger partial charge in [0.2, 0.25) is 0 Å². The molecule has 1 aromatic carbocycles. The van der Waals surface area contributed by atoms with Crippen molar-refractivity contribution in [1.29, 1.82) is 0 Å². The Kier molecular flexibility index (Phi) is 4.55. The molecule has 0 amide bonds. The van der Waals surface area contributed by atoms with Crippen LogP contribution in [0.1, 0.15) is 24.2 Å². The molecule has 1 rings (SSSR count). The van der Waals surface area contributed by atoms with Gasteiger partial charge in [0.1, 0.15) is 0 Å². The summed E-state index contributed by atoms with van der Waals surface area (Å²) >= 11 is 0. The molecule has 0 aliphatic heterocycles. The fraction of sp³-hybridized carbons (Fsp3) is 0.462. The van der Waals surface area contributed by atoms with Crippen LogP contribution in [-0.2, 0) is 9.47 Å². The van der Waals surface area contributed by atoms with Gasteiger partial charge in [-0.3, -0.25) is 0 Å². The summed E-state index contributed by atoms with van der Waals surface area (Å²) < 4.78 is 9.93. The number of nitrogens with two attached hydrogens (primary N) is 1. The van der Waals surface area contributed by atoms with Gasteiger partial charge in [-0.2, -0.15) is 0 Å². The number of nitrogens with one attached hydrogen (secondary N) is 1. The van der Waals surface area contributed by atoms with Gasteiger partial charge >= 0.3 is 5.97 Å². The van der Waals surface area contributed by atoms with Crippen LogP contribution in [0.5, 0.6) is 0 Å². The van der Waals surface area contributed by atoms with Crippen LogP contribution < -0.4 is 11.1 Å². The van der Waals surface area contributed by atoms with Crippen LogP contribution in [0.15, 0.2) is 18.2 Å². The SMILES string of the molecule is COC(=O)c1ccc(NCC(C)(C)OC)c(N)c1. The van der Waals surface area contributed by atoms with E-state index in [-0.39, 0.29) is 5.60 Å². The lowest BCUT2D eigenvalue weighted by atomic mass is 10.1. The first-order chi connectivity index (χ1) is 8.39. The third-order valence-electron chi connectivity index (χ3n) is 2.73. The quantitative estimate of drug-likeness (QED) is 0.618. The maximum Gasteiger partial charge on any atom is 0.337 e. The van der Waals surface area contributed by atoms with Gasteiger partial charge in [-0.25, -0.2) is 4.79 Å². The highest BCUT2D eigenvalue weighted by Crippen LogP contribution is 2.21. The van der Waals surface area contributed by atoms with Crippen LogP contribution in [0.3, 0.4) is 0 Å². The van der Waals surface area contributed by atoms with E-state index in [1.54, 1.807) is 25.3 Å². The summed E-state index contributed by atoms with van der Waals surface area (Å²) in [6, 6.07) is 5.02. The molecule has 0 saturated carbocycles. The van der Waals surface area contributed by atoms with Gasteiger partial charge in [0, 0.05) is 13.7 Å². The van der Waals surface area contributed by atoms with Crippen LogP contribution >= 0.6 is 0 Å². The molecule has 0 aliphatic carbocycles. The van der Waals surface area contributed by atoms with E-state index in [1.165, 1.54) is 7.11 Å². The molecule has 5 nitrogen and oxygen atoms in total. The zero-order valence-corrected chi connectivity index (χ0v) is 11.2. The van der Waals surface area contributed by atoms with Crippen molar-refractivity contribution in [2.75, 3.05) is 31.8 Å². The largest absolute Gasteiger partial charge is 0.465 e. The normalized spacial score (nSPS) is 11.1. The summed E-state index contributed by atoms with van der Waals surface area (Å²) in [7, 11) is 3.00. The highest BCUT2D eigenvalue weighted by Gasteiger charge is 2.16. The van der Waals surface area contributed by atoms with E-state index < -0.39 is 5.97 Å². The third-order valence-corrected chi connectivity index (χ3v) is 2.73. The molecule has 0 aliphatic rings. The van der Waals surface area contributed by atoms with E-state index in [1.807, 2.05) is 13.8 Å². The van der Waals surface area contributed by atoms with Crippen LogP contribution in [0.25, 0.3) is 0 Å². The van der Waals surface area contributed by atoms with Crippen molar-refractivity contribution >= 4 is 17.3 Å². The van der Waals surface area contributed by atoms with E-state index in [2.05, 4.69) is 10.1 Å². The summed E-state index contributed by atoms with van der Waals surface area (Å²) in [6.07, 6.45) is 0. The lowest BCUT2D eigenvalue weighted by Gasteiger charge is -2.24. The highest BCUT2D eigenvalue weighted by atomic mass is 16.5. The molecule has 0 saturated heterocycles. The average molecular weight is 252 g/mol. The molecule has 3 N–H and O–H groups in total. The topological polar surface area (TPSA) is 73.6 Å². The Balaban J connectivity index is 2.77. The molecule has 0 fully saturated rings. The molecule has 18 heavy (non-hydrogen) atoms. The molecule has 0 heterocycles. The predicted molar refractivity (Wildman–Crippen MR) is 71.8 cm³/mol. The Hall–Kier alpha value is -1.75. The van der Waals surface area contributed by atoms with Crippen LogP contribution in [0.2, 0.25) is 0 Å². The molecule has 5 heteroatoms. The fourth-order valence-corrected chi connectivity index (χ4v) is 1.35. The van der Waals surface area contributed by atoms with E-state index in [4.69, 9.17) is 10.5 Å². The Morgan fingerprint density at radius 3 is 2.56 bits per heavy atom. The van der Waals surface area contributed by atoms with Crippen molar-refractivity contribution in [2.24, 2.45) is 0 Å². The number of hydrogen-bond donors (Lipinski definition) is 2. The average Bonchev–Trinajstić information content (AvgIpc) is 2.36. The number of esters is 1. The van der Waals surface area contributed by atoms with Crippen molar-refractivity contribution in [2.45, 2.75) is 19.4 Å². The molecule has 0 aromatic heterocycles. The molecular weight excluding hydrogens is 232 g/mol. The summed E-state index contributed by atoms with van der Waals surface area (Å²) in [5, 5.41) is 3.19. The van der Waals surface area contributed by atoms with Crippen molar-refractivity contribution in [3.63, 3.8) is 0 Å². The van der Waals surface area contributed by atoms with Gasteiger partial charge in [0.25, 0.3) is 0 Å². The number of carbonyl (C=O) groups excluding carboxylic acids is 1. The molecule has 100 valence electrons. The molecular formula is C13H20N2O3. The maximum absolute atomic E-state index is 11.3. The second kappa shape index (κ2) is 5.73. The number of hydrogen-bond acceptors (Lipinski definition) is 5. The van der Waals surface area contributed by atoms with Crippen molar-refractivity contribution < 1.29 is 14.3 Å². The van der Waals surface area contributed by atoms with Crippen LogP contribution in [0.4, 0.5) is 11.4 Å². The van der Waals surface area contributed by atoms with Crippen LogP contribution in [0, 0.1) is 0 Å². The minimum atomic E-state index is -0.398. The minimum Gasteiger partial charge on any atom is -0.465 e. The second-order valence-electron chi connectivity index (χ2n) is 4.61. The first-order valence-electron chi connectivity index (χ1n) is 5.66. The number of anilines is 2. The van der Waals surface area contributed by atoms with Gasteiger partial charge in [0.15, 0.2) is 0 Å². The summed E-state index contributed by atoms with van der Waals surface area (Å²) in [6.45, 7) is 4.56. The predicted octanol–water partition coefficient (Wildman–Crippen LogP) is 1.89. The third kappa shape index (κ3) is 3.63. The molecule has 0 unspecified atom stereocenters. The summed E-state index contributed by atoms with van der Waals surface area (Å²) in [5.41, 5.74) is 7.30. The highest BCUT2D eigenvalue weighted by molar-refractivity contribution is 5.91. The molecule has 0 spiro atoms. The monoisotopic (exact) mass is 252 g/mol. The fourth-order valence-electron chi connectivity index (χ4n) is 1.35. The summed E-state index contributed by atoms with van der Waals surface area (Å²) in [5.74, 6) is -0.398. The number of carbonyl (C=O) groups is 1. The number of ether oxygens (including phenoxy) is 2. The number of methoxy groups -OCH3 is 2. The minimum absolute atomic E-state index is 0.284. The molecule has 0 radical (unpaired) electrons. The van der Waals surface area contributed by atoms with E-state index in [9.17, 15) is 4.79 Å². The Morgan fingerprint density at radius 1 is 1.39 bits per heavy atom. The van der Waals surface area contributed by atoms with E-state index >= 15 is 0 Å². The summed E-state index contributed by atoms with van der Waals surface area (Å²) in [4.78, 5) is 11.3. The van der Waals surface area contributed by atoms with Gasteiger partial charge in [-0.05, 0) is 32.0 Å². The van der Waals surface area contributed by atoms with Gasteiger partial charge in [-0.1, -0.05) is 0 Å².